The van der Waals surface area contributed by atoms with Crippen molar-refractivity contribution in [2.24, 2.45) is 5.41 Å². The molecule has 18 heavy (non-hydrogen) atoms. The van der Waals surface area contributed by atoms with Gasteiger partial charge in [-0.05, 0) is 57.0 Å². The van der Waals surface area contributed by atoms with Crippen LogP contribution in [0.1, 0.15) is 52.4 Å². The van der Waals surface area contributed by atoms with Crippen LogP contribution in [0.5, 0.6) is 0 Å². The van der Waals surface area contributed by atoms with Crippen LogP contribution in [0.3, 0.4) is 0 Å². The summed E-state index contributed by atoms with van der Waals surface area (Å²) in [6.07, 6.45) is 7.50. The molecule has 2 rings (SSSR count). The van der Waals surface area contributed by atoms with Gasteiger partial charge in [-0.25, -0.2) is 0 Å². The first-order chi connectivity index (χ1) is 8.61. The molecule has 0 saturated carbocycles. The second-order valence-electron chi connectivity index (χ2n) is 6.93. The lowest BCUT2D eigenvalue weighted by molar-refractivity contribution is 0.155. The van der Waals surface area contributed by atoms with E-state index in [9.17, 15) is 0 Å². The molecule has 2 saturated heterocycles. The van der Waals surface area contributed by atoms with Crippen LogP contribution in [-0.4, -0.2) is 48.3 Å². The summed E-state index contributed by atoms with van der Waals surface area (Å²) < 4.78 is 0. The molecule has 0 radical (unpaired) electrons. The number of aliphatic hydroxyl groups is 1. The fourth-order valence-corrected chi connectivity index (χ4v) is 3.48. The van der Waals surface area contributed by atoms with Gasteiger partial charge in [0.05, 0.1) is 0 Å². The molecule has 0 bridgehead atoms. The maximum Gasteiger partial charge on any atom is 0.0431 e. The fraction of sp³-hybridized carbons (Fsp3) is 1.00. The van der Waals surface area contributed by atoms with Crippen molar-refractivity contribution < 1.29 is 5.11 Å². The first-order valence-corrected chi connectivity index (χ1v) is 7.69. The van der Waals surface area contributed by atoms with Gasteiger partial charge in [0.1, 0.15) is 0 Å². The van der Waals surface area contributed by atoms with E-state index in [4.69, 9.17) is 5.11 Å². The van der Waals surface area contributed by atoms with Gasteiger partial charge in [0, 0.05) is 25.2 Å². The molecule has 0 spiro atoms. The number of aliphatic hydroxyl groups excluding tert-OH is 1. The van der Waals surface area contributed by atoms with Gasteiger partial charge in [-0.2, -0.15) is 0 Å². The Balaban J connectivity index is 1.70. The zero-order valence-electron chi connectivity index (χ0n) is 12.1. The second-order valence-corrected chi connectivity index (χ2v) is 6.93. The Morgan fingerprint density at radius 3 is 2.89 bits per heavy atom. The monoisotopic (exact) mass is 254 g/mol. The van der Waals surface area contributed by atoms with Crippen LogP contribution in [0.2, 0.25) is 0 Å². The van der Waals surface area contributed by atoms with Crippen molar-refractivity contribution >= 4 is 0 Å². The molecule has 0 aromatic rings. The van der Waals surface area contributed by atoms with Gasteiger partial charge < -0.3 is 15.3 Å². The van der Waals surface area contributed by atoms with Gasteiger partial charge in [-0.3, -0.25) is 0 Å². The predicted molar refractivity (Wildman–Crippen MR) is 75.7 cm³/mol. The van der Waals surface area contributed by atoms with Gasteiger partial charge >= 0.3 is 0 Å². The SMILES string of the molecule is CC(C)(CCCO)CNC1CCN2CCCC2C1. The van der Waals surface area contributed by atoms with Crippen molar-refractivity contribution in [3.8, 4) is 0 Å². The number of rotatable bonds is 6. The van der Waals surface area contributed by atoms with Gasteiger partial charge in [0.2, 0.25) is 0 Å². The third-order valence-electron chi connectivity index (χ3n) is 4.70. The highest BCUT2D eigenvalue weighted by molar-refractivity contribution is 4.89. The highest BCUT2D eigenvalue weighted by Crippen LogP contribution is 2.28. The Kier molecular flexibility index (Phi) is 5.05. The van der Waals surface area contributed by atoms with Crippen molar-refractivity contribution in [3.63, 3.8) is 0 Å². The first kappa shape index (κ1) is 14.3. The molecule has 2 N–H and O–H groups in total. The number of fused-ring (bicyclic) bond motifs is 1. The summed E-state index contributed by atoms with van der Waals surface area (Å²) in [5.74, 6) is 0. The molecule has 2 atom stereocenters. The molecule has 2 heterocycles. The van der Waals surface area contributed by atoms with Crippen molar-refractivity contribution in [2.45, 2.75) is 64.5 Å². The number of nitrogens with one attached hydrogen (secondary N) is 1. The molecule has 2 fully saturated rings. The van der Waals surface area contributed by atoms with E-state index in [-0.39, 0.29) is 0 Å². The normalized spacial score (nSPS) is 29.5. The number of nitrogens with zero attached hydrogens (tertiary/aromatic N) is 1. The third kappa shape index (κ3) is 3.94. The van der Waals surface area contributed by atoms with Crippen LogP contribution in [-0.2, 0) is 0 Å². The molecule has 2 aliphatic rings. The van der Waals surface area contributed by atoms with Crippen molar-refractivity contribution in [1.82, 2.24) is 10.2 Å². The molecule has 2 aliphatic heterocycles. The Labute approximate surface area is 112 Å². The molecular weight excluding hydrogens is 224 g/mol. The van der Waals surface area contributed by atoms with E-state index in [0.717, 1.165) is 31.5 Å². The minimum Gasteiger partial charge on any atom is -0.396 e. The molecular formula is C15H30N2O. The molecule has 0 aromatic carbocycles. The summed E-state index contributed by atoms with van der Waals surface area (Å²) in [6, 6.07) is 1.58. The van der Waals surface area contributed by atoms with Crippen LogP contribution in [0.4, 0.5) is 0 Å². The minimum absolute atomic E-state index is 0.315. The average molecular weight is 254 g/mol. The number of hydrogen-bond donors (Lipinski definition) is 2. The smallest absolute Gasteiger partial charge is 0.0431 e. The molecule has 2 unspecified atom stereocenters. The summed E-state index contributed by atoms with van der Waals surface area (Å²) >= 11 is 0. The molecule has 3 heteroatoms. The van der Waals surface area contributed by atoms with Gasteiger partial charge in [0.25, 0.3) is 0 Å². The zero-order valence-corrected chi connectivity index (χ0v) is 12.1. The quantitative estimate of drug-likeness (QED) is 0.761. The molecule has 0 aliphatic carbocycles. The highest BCUT2D eigenvalue weighted by atomic mass is 16.2. The van der Waals surface area contributed by atoms with E-state index >= 15 is 0 Å². The summed E-state index contributed by atoms with van der Waals surface area (Å²) in [7, 11) is 0. The largest absolute Gasteiger partial charge is 0.396 e. The van der Waals surface area contributed by atoms with Gasteiger partial charge in [-0.1, -0.05) is 13.8 Å². The summed E-state index contributed by atoms with van der Waals surface area (Å²) in [5, 5.41) is 12.7. The fourth-order valence-electron chi connectivity index (χ4n) is 3.48. The molecule has 3 nitrogen and oxygen atoms in total. The Hall–Kier alpha value is -0.120. The van der Waals surface area contributed by atoms with Crippen molar-refractivity contribution in [3.05, 3.63) is 0 Å². The first-order valence-electron chi connectivity index (χ1n) is 7.69. The second kappa shape index (κ2) is 6.36. The Morgan fingerprint density at radius 1 is 1.28 bits per heavy atom. The Morgan fingerprint density at radius 2 is 2.11 bits per heavy atom. The van der Waals surface area contributed by atoms with Crippen LogP contribution < -0.4 is 5.32 Å². The highest BCUT2D eigenvalue weighted by Gasteiger charge is 2.32. The van der Waals surface area contributed by atoms with E-state index in [2.05, 4.69) is 24.1 Å². The lowest BCUT2D eigenvalue weighted by Gasteiger charge is -2.37. The number of hydrogen-bond acceptors (Lipinski definition) is 3. The lowest BCUT2D eigenvalue weighted by Crippen LogP contribution is -2.47. The van der Waals surface area contributed by atoms with Crippen LogP contribution in [0, 0.1) is 5.41 Å². The molecule has 0 amide bonds. The van der Waals surface area contributed by atoms with Gasteiger partial charge in [-0.15, -0.1) is 0 Å². The standard InChI is InChI=1S/C15H30N2O/c1-15(2,7-4-10-18)12-16-13-6-9-17-8-3-5-14(17)11-13/h13-14,16,18H,3-12H2,1-2H3. The average Bonchev–Trinajstić information content (AvgIpc) is 2.81. The van der Waals surface area contributed by atoms with E-state index in [1.165, 1.54) is 38.8 Å². The van der Waals surface area contributed by atoms with E-state index < -0.39 is 0 Å². The van der Waals surface area contributed by atoms with Crippen LogP contribution >= 0.6 is 0 Å². The summed E-state index contributed by atoms with van der Waals surface area (Å²) in [4.78, 5) is 2.68. The molecule has 106 valence electrons. The maximum absolute atomic E-state index is 8.92. The Bertz CT molecular complexity index is 255. The number of piperidine rings is 1. The van der Waals surface area contributed by atoms with E-state index in [1.54, 1.807) is 0 Å². The van der Waals surface area contributed by atoms with Crippen LogP contribution in [0.25, 0.3) is 0 Å². The summed E-state index contributed by atoms with van der Waals surface area (Å²) in [6.45, 7) is 8.65. The zero-order chi connectivity index (χ0) is 13.0. The summed E-state index contributed by atoms with van der Waals surface area (Å²) in [5.41, 5.74) is 0.315. The maximum atomic E-state index is 8.92. The van der Waals surface area contributed by atoms with E-state index in [1.807, 2.05) is 0 Å². The van der Waals surface area contributed by atoms with Gasteiger partial charge in [0.15, 0.2) is 0 Å². The third-order valence-corrected chi connectivity index (χ3v) is 4.70. The molecule has 0 aromatic heterocycles. The van der Waals surface area contributed by atoms with Crippen LogP contribution in [0.15, 0.2) is 0 Å². The lowest BCUT2D eigenvalue weighted by atomic mass is 9.87. The topological polar surface area (TPSA) is 35.5 Å². The van der Waals surface area contributed by atoms with Crippen molar-refractivity contribution in [2.75, 3.05) is 26.2 Å². The minimum atomic E-state index is 0.315. The van der Waals surface area contributed by atoms with Crippen molar-refractivity contribution in [1.29, 1.82) is 0 Å². The van der Waals surface area contributed by atoms with E-state index in [0.29, 0.717) is 12.0 Å². The predicted octanol–water partition coefficient (Wildman–Crippen LogP) is 2.00.